The van der Waals surface area contributed by atoms with Gasteiger partial charge in [-0.25, -0.2) is 4.79 Å². The molecule has 0 radical (unpaired) electrons. The summed E-state index contributed by atoms with van der Waals surface area (Å²) < 4.78 is 5.44. The summed E-state index contributed by atoms with van der Waals surface area (Å²) in [5, 5.41) is 8.02. The zero-order valence-electron chi connectivity index (χ0n) is 16.8. The lowest BCUT2D eigenvalue weighted by Crippen LogP contribution is -3.08. The number of thiophene rings is 1. The van der Waals surface area contributed by atoms with Gasteiger partial charge in [0.05, 0.1) is 29.6 Å². The maximum atomic E-state index is 12.8. The Bertz CT molecular complexity index is 1160. The topological polar surface area (TPSA) is 71.9 Å². The van der Waals surface area contributed by atoms with E-state index < -0.39 is 5.97 Å². The van der Waals surface area contributed by atoms with Crippen LogP contribution in [0.15, 0.2) is 48.5 Å². The zero-order valence-corrected chi connectivity index (χ0v) is 18.4. The van der Waals surface area contributed by atoms with E-state index in [9.17, 15) is 9.59 Å². The number of carbonyl (C=O) groups is 2. The highest BCUT2D eigenvalue weighted by Gasteiger charge is 2.33. The van der Waals surface area contributed by atoms with Gasteiger partial charge in [0.2, 0.25) is 0 Å². The van der Waals surface area contributed by atoms with E-state index in [4.69, 9.17) is 16.3 Å². The number of amides is 1. The molecule has 0 spiro atoms. The van der Waals surface area contributed by atoms with E-state index in [-0.39, 0.29) is 12.1 Å². The Hall–Kier alpha value is -2.87. The van der Waals surface area contributed by atoms with E-state index in [0.29, 0.717) is 16.3 Å². The molecule has 0 fully saturated rings. The molecule has 3 N–H and O–H groups in total. The van der Waals surface area contributed by atoms with Gasteiger partial charge in [-0.3, -0.25) is 4.79 Å². The van der Waals surface area contributed by atoms with E-state index in [0.717, 1.165) is 35.6 Å². The Morgan fingerprint density at radius 2 is 1.87 bits per heavy atom. The lowest BCUT2D eigenvalue weighted by Gasteiger charge is -2.27. The van der Waals surface area contributed by atoms with Gasteiger partial charge in [-0.15, -0.1) is 11.3 Å². The number of rotatable bonds is 3. The smallest absolute Gasteiger partial charge is 0.343 e. The molecule has 3 heterocycles. The van der Waals surface area contributed by atoms with Crippen LogP contribution in [0.2, 0.25) is 5.02 Å². The Morgan fingerprint density at radius 3 is 2.61 bits per heavy atom. The molecule has 31 heavy (non-hydrogen) atoms. The number of fused-ring (bicyclic) bond motifs is 3. The molecule has 2 atom stereocenters. The molecule has 5 rings (SSSR count). The molecule has 1 aromatic heterocycles. The first-order valence-electron chi connectivity index (χ1n) is 10.1. The van der Waals surface area contributed by atoms with Crippen LogP contribution in [0.1, 0.15) is 42.9 Å². The Balaban J connectivity index is 1.31. The minimum atomic E-state index is -0.450. The third-order valence-corrected chi connectivity index (χ3v) is 7.05. The van der Waals surface area contributed by atoms with Gasteiger partial charge in [-0.05, 0) is 47.5 Å². The first kappa shape index (κ1) is 20.1. The first-order valence-corrected chi connectivity index (χ1v) is 11.3. The quantitative estimate of drug-likeness (QED) is 0.420. The first-order chi connectivity index (χ1) is 15.0. The van der Waals surface area contributed by atoms with E-state index in [2.05, 4.69) is 17.7 Å². The van der Waals surface area contributed by atoms with Gasteiger partial charge in [0.15, 0.2) is 0 Å². The SMILES string of the molecule is C[NH+]1CCc2c(sc3c2C(=O)N[C@H](c2ccc(OC(=O)c4ccc(Cl)cc4)cc2)N3)C1. The highest BCUT2D eigenvalue weighted by molar-refractivity contribution is 7.16. The van der Waals surface area contributed by atoms with Crippen LogP contribution in [0.25, 0.3) is 0 Å². The molecule has 8 heteroatoms. The number of benzene rings is 2. The summed E-state index contributed by atoms with van der Waals surface area (Å²) in [4.78, 5) is 27.9. The number of hydrogen-bond donors (Lipinski definition) is 3. The normalized spacial score (nSPS) is 19.6. The molecular weight excluding hydrogens is 434 g/mol. The minimum Gasteiger partial charge on any atom is -0.423 e. The van der Waals surface area contributed by atoms with Gasteiger partial charge < -0.3 is 20.3 Å². The van der Waals surface area contributed by atoms with Crippen LogP contribution in [0.3, 0.4) is 0 Å². The number of halogens is 1. The molecule has 158 valence electrons. The van der Waals surface area contributed by atoms with Crippen LogP contribution in [0.5, 0.6) is 5.75 Å². The monoisotopic (exact) mass is 454 g/mol. The second kappa shape index (κ2) is 8.00. The van der Waals surface area contributed by atoms with Crippen molar-refractivity contribution in [2.24, 2.45) is 0 Å². The van der Waals surface area contributed by atoms with Crippen molar-refractivity contribution in [3.8, 4) is 5.75 Å². The fraction of sp³-hybridized carbons (Fsp3) is 0.217. The van der Waals surface area contributed by atoms with Crippen LogP contribution in [0.4, 0.5) is 5.00 Å². The van der Waals surface area contributed by atoms with E-state index in [1.807, 2.05) is 12.1 Å². The molecule has 3 aromatic rings. The summed E-state index contributed by atoms with van der Waals surface area (Å²) in [6.07, 6.45) is 0.603. The average Bonchev–Trinajstić information content (AvgIpc) is 3.12. The molecular formula is C23H21ClN3O3S+. The summed E-state index contributed by atoms with van der Waals surface area (Å²) in [5.74, 6) is -0.0485. The maximum absolute atomic E-state index is 12.8. The third kappa shape index (κ3) is 3.92. The highest BCUT2D eigenvalue weighted by atomic mass is 35.5. The van der Waals surface area contributed by atoms with E-state index in [1.165, 1.54) is 15.3 Å². The Morgan fingerprint density at radius 1 is 1.13 bits per heavy atom. The van der Waals surface area contributed by atoms with Gasteiger partial charge in [0.1, 0.15) is 23.5 Å². The second-order valence-corrected chi connectivity index (χ2v) is 9.40. The Kier molecular flexibility index (Phi) is 5.17. The predicted octanol–water partition coefficient (Wildman–Crippen LogP) is 3.05. The summed E-state index contributed by atoms with van der Waals surface area (Å²) >= 11 is 7.54. The number of ether oxygens (including phenoxy) is 1. The lowest BCUT2D eigenvalue weighted by atomic mass is 10.0. The van der Waals surface area contributed by atoms with Crippen molar-refractivity contribution in [1.29, 1.82) is 0 Å². The van der Waals surface area contributed by atoms with Crippen LogP contribution in [-0.2, 0) is 13.0 Å². The van der Waals surface area contributed by atoms with Crippen molar-refractivity contribution >= 4 is 39.8 Å². The number of hydrogen-bond acceptors (Lipinski definition) is 5. The van der Waals surface area contributed by atoms with Crippen LogP contribution >= 0.6 is 22.9 Å². The summed E-state index contributed by atoms with van der Waals surface area (Å²) in [6.45, 7) is 2.00. The van der Waals surface area contributed by atoms with Gasteiger partial charge in [-0.2, -0.15) is 0 Å². The molecule has 0 saturated carbocycles. The van der Waals surface area contributed by atoms with Crippen molar-refractivity contribution in [1.82, 2.24) is 5.32 Å². The molecule has 0 saturated heterocycles. The third-order valence-electron chi connectivity index (χ3n) is 5.64. The van der Waals surface area contributed by atoms with Crippen molar-refractivity contribution in [2.75, 3.05) is 18.9 Å². The second-order valence-electron chi connectivity index (χ2n) is 7.86. The molecule has 2 aromatic carbocycles. The number of carbonyl (C=O) groups excluding carboxylic acids is 2. The van der Waals surface area contributed by atoms with Crippen LogP contribution in [-0.4, -0.2) is 25.5 Å². The molecule has 2 aliphatic heterocycles. The predicted molar refractivity (Wildman–Crippen MR) is 120 cm³/mol. The number of anilines is 1. The van der Waals surface area contributed by atoms with E-state index >= 15 is 0 Å². The van der Waals surface area contributed by atoms with Crippen molar-refractivity contribution < 1.29 is 19.2 Å². The lowest BCUT2D eigenvalue weighted by molar-refractivity contribution is -0.895. The van der Waals surface area contributed by atoms with Gasteiger partial charge in [-0.1, -0.05) is 23.7 Å². The van der Waals surface area contributed by atoms with Crippen molar-refractivity contribution in [3.63, 3.8) is 0 Å². The van der Waals surface area contributed by atoms with E-state index in [1.54, 1.807) is 47.7 Å². The largest absolute Gasteiger partial charge is 0.423 e. The molecule has 1 amide bonds. The van der Waals surface area contributed by atoms with Crippen LogP contribution < -0.4 is 20.3 Å². The molecule has 2 aliphatic rings. The minimum absolute atomic E-state index is 0.0333. The standard InChI is InChI=1S/C23H20ClN3O3S/c1-27-11-10-17-18(12-27)31-22-19(17)21(28)25-20(26-22)13-4-8-16(9-5-13)30-23(29)14-2-6-15(24)7-3-14/h2-9,20,26H,10-12H2,1H3,(H,25,28)/p+1/t20-/m0/s1. The fourth-order valence-corrected chi connectivity index (χ4v) is 5.49. The number of esters is 1. The maximum Gasteiger partial charge on any atom is 0.343 e. The summed E-state index contributed by atoms with van der Waals surface area (Å²) in [7, 11) is 2.18. The van der Waals surface area contributed by atoms with Crippen molar-refractivity contribution in [3.05, 3.63) is 80.7 Å². The van der Waals surface area contributed by atoms with Gasteiger partial charge >= 0.3 is 5.97 Å². The van der Waals surface area contributed by atoms with Gasteiger partial charge in [0.25, 0.3) is 5.91 Å². The number of nitrogens with one attached hydrogen (secondary N) is 3. The molecule has 6 nitrogen and oxygen atoms in total. The number of likely N-dealkylation sites (N-methyl/N-ethyl adjacent to an activating group) is 1. The molecule has 0 aliphatic carbocycles. The fourth-order valence-electron chi connectivity index (χ4n) is 3.98. The number of quaternary nitrogens is 1. The summed E-state index contributed by atoms with van der Waals surface area (Å²) in [6, 6.07) is 13.7. The van der Waals surface area contributed by atoms with Crippen molar-refractivity contribution in [2.45, 2.75) is 19.1 Å². The summed E-state index contributed by atoms with van der Waals surface area (Å²) in [5.41, 5.74) is 3.31. The molecule has 0 bridgehead atoms. The zero-order chi connectivity index (χ0) is 21.5. The average molecular weight is 455 g/mol. The molecule has 1 unspecified atom stereocenters. The van der Waals surface area contributed by atoms with Gasteiger partial charge in [0, 0.05) is 11.4 Å². The van der Waals surface area contributed by atoms with Crippen LogP contribution in [0, 0.1) is 0 Å². The highest BCUT2D eigenvalue weighted by Crippen LogP contribution is 2.39. The Labute approximate surface area is 188 Å².